The number of nitrogens with one attached hydrogen (secondary N) is 1. The molecule has 0 radical (unpaired) electrons. The van der Waals surface area contributed by atoms with E-state index in [-0.39, 0.29) is 0 Å². The van der Waals surface area contributed by atoms with Crippen LogP contribution in [0, 0.1) is 6.92 Å². The van der Waals surface area contributed by atoms with Crippen LogP contribution in [0.5, 0.6) is 0 Å². The molecular formula is C14H12Br2N2. The molecule has 0 aliphatic rings. The summed E-state index contributed by atoms with van der Waals surface area (Å²) >= 11 is 6.89. The van der Waals surface area contributed by atoms with Crippen molar-refractivity contribution in [2.24, 2.45) is 5.10 Å². The SMILES string of the molecule is Cc1ccc(N/N=C/c2cc(Br)cc(Br)c2)cc1. The molecule has 0 spiro atoms. The van der Waals surface area contributed by atoms with Crippen LogP contribution >= 0.6 is 31.9 Å². The Morgan fingerprint density at radius 3 is 2.22 bits per heavy atom. The van der Waals surface area contributed by atoms with Gasteiger partial charge in [-0.1, -0.05) is 49.6 Å². The van der Waals surface area contributed by atoms with Crippen molar-refractivity contribution in [1.29, 1.82) is 0 Å². The van der Waals surface area contributed by atoms with Crippen LogP contribution in [-0.2, 0) is 0 Å². The second-order valence-electron chi connectivity index (χ2n) is 3.94. The van der Waals surface area contributed by atoms with Gasteiger partial charge in [-0.25, -0.2) is 0 Å². The number of hydrogen-bond acceptors (Lipinski definition) is 2. The molecule has 0 unspecified atom stereocenters. The van der Waals surface area contributed by atoms with Crippen molar-refractivity contribution >= 4 is 43.8 Å². The molecular weight excluding hydrogens is 356 g/mol. The van der Waals surface area contributed by atoms with Crippen molar-refractivity contribution in [3.63, 3.8) is 0 Å². The Hall–Kier alpha value is -1.13. The van der Waals surface area contributed by atoms with Gasteiger partial charge in [0.25, 0.3) is 0 Å². The summed E-state index contributed by atoms with van der Waals surface area (Å²) in [5, 5.41) is 4.21. The molecule has 1 N–H and O–H groups in total. The van der Waals surface area contributed by atoms with Gasteiger partial charge in [0, 0.05) is 8.95 Å². The van der Waals surface area contributed by atoms with Crippen molar-refractivity contribution in [2.45, 2.75) is 6.92 Å². The van der Waals surface area contributed by atoms with Crippen LogP contribution < -0.4 is 5.43 Å². The number of anilines is 1. The lowest BCUT2D eigenvalue weighted by molar-refractivity contribution is 1.34. The topological polar surface area (TPSA) is 24.4 Å². The highest BCUT2D eigenvalue weighted by Gasteiger charge is 1.94. The molecule has 18 heavy (non-hydrogen) atoms. The van der Waals surface area contributed by atoms with Crippen molar-refractivity contribution in [3.05, 3.63) is 62.5 Å². The highest BCUT2D eigenvalue weighted by atomic mass is 79.9. The maximum Gasteiger partial charge on any atom is 0.0561 e. The minimum absolute atomic E-state index is 0.978. The van der Waals surface area contributed by atoms with Crippen LogP contribution in [0.4, 0.5) is 5.69 Å². The first-order valence-electron chi connectivity index (χ1n) is 5.45. The molecule has 0 heterocycles. The summed E-state index contributed by atoms with van der Waals surface area (Å²) in [7, 11) is 0. The normalized spacial score (nSPS) is 10.8. The van der Waals surface area contributed by atoms with Gasteiger partial charge >= 0.3 is 0 Å². The third-order valence-corrected chi connectivity index (χ3v) is 3.26. The van der Waals surface area contributed by atoms with Gasteiger partial charge in [-0.3, -0.25) is 5.43 Å². The summed E-state index contributed by atoms with van der Waals surface area (Å²) in [5.74, 6) is 0. The third kappa shape index (κ3) is 3.96. The lowest BCUT2D eigenvalue weighted by atomic mass is 10.2. The van der Waals surface area contributed by atoms with Crippen LogP contribution in [0.25, 0.3) is 0 Å². The molecule has 0 bridgehead atoms. The summed E-state index contributed by atoms with van der Waals surface area (Å²) in [6, 6.07) is 14.1. The first kappa shape index (κ1) is 13.3. The summed E-state index contributed by atoms with van der Waals surface area (Å²) in [5.41, 5.74) is 6.24. The van der Waals surface area contributed by atoms with E-state index in [1.54, 1.807) is 6.21 Å². The predicted molar refractivity (Wildman–Crippen MR) is 84.2 cm³/mol. The van der Waals surface area contributed by atoms with Crippen molar-refractivity contribution in [2.75, 3.05) is 5.43 Å². The van der Waals surface area contributed by atoms with Crippen LogP contribution in [0.3, 0.4) is 0 Å². The highest BCUT2D eigenvalue weighted by Crippen LogP contribution is 2.19. The molecule has 2 rings (SSSR count). The van der Waals surface area contributed by atoms with Gasteiger partial charge in [-0.2, -0.15) is 5.10 Å². The Balaban J connectivity index is 2.05. The Labute approximate surface area is 123 Å². The molecule has 2 aromatic rings. The zero-order chi connectivity index (χ0) is 13.0. The Bertz CT molecular complexity index is 542. The molecule has 0 atom stereocenters. The Morgan fingerprint density at radius 2 is 1.61 bits per heavy atom. The van der Waals surface area contributed by atoms with E-state index in [9.17, 15) is 0 Å². The number of rotatable bonds is 3. The van der Waals surface area contributed by atoms with Gasteiger partial charge in [-0.05, 0) is 42.8 Å². The van der Waals surface area contributed by atoms with E-state index in [1.165, 1.54) is 5.56 Å². The van der Waals surface area contributed by atoms with E-state index in [4.69, 9.17) is 0 Å². The number of halogens is 2. The van der Waals surface area contributed by atoms with E-state index in [1.807, 2.05) is 42.5 Å². The largest absolute Gasteiger partial charge is 0.279 e. The van der Waals surface area contributed by atoms with Gasteiger partial charge in [-0.15, -0.1) is 0 Å². The monoisotopic (exact) mass is 366 g/mol. The number of hydrogen-bond donors (Lipinski definition) is 1. The standard InChI is InChI=1S/C14H12Br2N2/c1-10-2-4-14(5-3-10)18-17-9-11-6-12(15)8-13(16)7-11/h2-9,18H,1H3/b17-9+. The molecule has 0 aliphatic heterocycles. The zero-order valence-electron chi connectivity index (χ0n) is 9.82. The first-order chi connectivity index (χ1) is 8.63. The van der Waals surface area contributed by atoms with E-state index >= 15 is 0 Å². The molecule has 2 aromatic carbocycles. The quantitative estimate of drug-likeness (QED) is 0.601. The maximum atomic E-state index is 4.21. The minimum Gasteiger partial charge on any atom is -0.279 e. The van der Waals surface area contributed by atoms with Crippen LogP contribution in [-0.4, -0.2) is 6.21 Å². The predicted octanol–water partition coefficient (Wildman–Crippen LogP) is 4.97. The number of nitrogens with zero attached hydrogens (tertiary/aromatic N) is 1. The molecule has 92 valence electrons. The van der Waals surface area contributed by atoms with Gasteiger partial charge in [0.1, 0.15) is 0 Å². The minimum atomic E-state index is 0.978. The lowest BCUT2D eigenvalue weighted by Crippen LogP contribution is -1.90. The fourth-order valence-corrected chi connectivity index (χ4v) is 2.79. The van der Waals surface area contributed by atoms with Crippen LogP contribution in [0.15, 0.2) is 56.5 Å². The van der Waals surface area contributed by atoms with Crippen molar-refractivity contribution in [3.8, 4) is 0 Å². The van der Waals surface area contributed by atoms with Crippen molar-refractivity contribution in [1.82, 2.24) is 0 Å². The van der Waals surface area contributed by atoms with Gasteiger partial charge in [0.05, 0.1) is 11.9 Å². The van der Waals surface area contributed by atoms with E-state index in [0.717, 1.165) is 20.2 Å². The fraction of sp³-hybridized carbons (Fsp3) is 0.0714. The van der Waals surface area contributed by atoms with Crippen LogP contribution in [0.1, 0.15) is 11.1 Å². The number of hydrazone groups is 1. The molecule has 2 nitrogen and oxygen atoms in total. The lowest BCUT2D eigenvalue weighted by Gasteiger charge is -2.01. The maximum absolute atomic E-state index is 4.21. The van der Waals surface area contributed by atoms with Gasteiger partial charge in [0.2, 0.25) is 0 Å². The summed E-state index contributed by atoms with van der Waals surface area (Å²) in [6.07, 6.45) is 1.79. The number of benzene rings is 2. The Kier molecular flexibility index (Phi) is 4.55. The van der Waals surface area contributed by atoms with Crippen LogP contribution in [0.2, 0.25) is 0 Å². The molecule has 0 aliphatic carbocycles. The second kappa shape index (κ2) is 6.16. The Morgan fingerprint density at radius 1 is 1.00 bits per heavy atom. The second-order valence-corrected chi connectivity index (χ2v) is 5.77. The molecule has 0 saturated carbocycles. The molecule has 4 heteroatoms. The number of aryl methyl sites for hydroxylation is 1. The highest BCUT2D eigenvalue weighted by molar-refractivity contribution is 9.11. The van der Waals surface area contributed by atoms with E-state index in [2.05, 4.69) is 49.3 Å². The average Bonchev–Trinajstić information content (AvgIpc) is 2.30. The molecule has 0 amide bonds. The van der Waals surface area contributed by atoms with E-state index < -0.39 is 0 Å². The summed E-state index contributed by atoms with van der Waals surface area (Å²) < 4.78 is 2.04. The summed E-state index contributed by atoms with van der Waals surface area (Å²) in [4.78, 5) is 0. The first-order valence-corrected chi connectivity index (χ1v) is 7.04. The van der Waals surface area contributed by atoms with Gasteiger partial charge < -0.3 is 0 Å². The smallest absolute Gasteiger partial charge is 0.0561 e. The van der Waals surface area contributed by atoms with E-state index in [0.29, 0.717) is 0 Å². The third-order valence-electron chi connectivity index (χ3n) is 2.34. The molecule has 0 aromatic heterocycles. The summed E-state index contributed by atoms with van der Waals surface area (Å²) in [6.45, 7) is 2.06. The fourth-order valence-electron chi connectivity index (χ4n) is 1.46. The zero-order valence-corrected chi connectivity index (χ0v) is 13.0. The van der Waals surface area contributed by atoms with Crippen molar-refractivity contribution < 1.29 is 0 Å². The van der Waals surface area contributed by atoms with Gasteiger partial charge in [0.15, 0.2) is 0 Å². The average molecular weight is 368 g/mol. The molecule has 0 saturated heterocycles. The molecule has 0 fully saturated rings.